The lowest BCUT2D eigenvalue weighted by molar-refractivity contribution is -0.193. The zero-order valence-corrected chi connectivity index (χ0v) is 19.2. The molecule has 1 aliphatic carbocycles. The molecule has 0 bridgehead atoms. The van der Waals surface area contributed by atoms with Crippen molar-refractivity contribution in [1.82, 2.24) is 9.88 Å². The summed E-state index contributed by atoms with van der Waals surface area (Å²) in [6, 6.07) is 4.87. The van der Waals surface area contributed by atoms with Gasteiger partial charge in [-0.1, -0.05) is 6.42 Å². The Kier molecular flexibility index (Phi) is 10.5. The molecule has 0 amide bonds. The van der Waals surface area contributed by atoms with Crippen LogP contribution in [0, 0.1) is 0 Å². The first kappa shape index (κ1) is 29.8. The Morgan fingerprint density at radius 2 is 1.61 bits per heavy atom. The van der Waals surface area contributed by atoms with Crippen LogP contribution in [0.5, 0.6) is 0 Å². The molecule has 1 spiro atoms. The Balaban J connectivity index is 0.000000271. The van der Waals surface area contributed by atoms with Crippen molar-refractivity contribution in [2.45, 2.75) is 75.2 Å². The minimum atomic E-state index is -5.08. The molecule has 2 atom stereocenters. The third kappa shape index (κ3) is 9.54. The number of carboxylic acid groups (broad SMARTS) is 2. The number of halogens is 6. The van der Waals surface area contributed by atoms with E-state index in [4.69, 9.17) is 29.3 Å². The van der Waals surface area contributed by atoms with Gasteiger partial charge in [-0.05, 0) is 49.9 Å². The zero-order valence-electron chi connectivity index (χ0n) is 19.2. The summed E-state index contributed by atoms with van der Waals surface area (Å²) in [5, 5.41) is 14.2. The maximum absolute atomic E-state index is 10.6. The molecule has 0 unspecified atom stereocenters. The van der Waals surface area contributed by atoms with E-state index in [1.54, 1.807) is 0 Å². The van der Waals surface area contributed by atoms with Crippen LogP contribution in [0.2, 0.25) is 0 Å². The molecule has 2 saturated heterocycles. The maximum Gasteiger partial charge on any atom is 0.490 e. The first-order valence-corrected chi connectivity index (χ1v) is 11.2. The fourth-order valence-electron chi connectivity index (χ4n) is 4.08. The average Bonchev–Trinajstić information content (AvgIpc) is 3.13. The molecule has 1 aromatic heterocycles. The topological polar surface area (TPSA) is 109 Å². The number of ether oxygens (including phenoxy) is 2. The number of rotatable bonds is 4. The highest BCUT2D eigenvalue weighted by Crippen LogP contribution is 2.39. The molecule has 1 aromatic rings. The molecule has 8 nitrogen and oxygen atoms in total. The van der Waals surface area contributed by atoms with Gasteiger partial charge >= 0.3 is 24.3 Å². The van der Waals surface area contributed by atoms with Gasteiger partial charge in [-0.25, -0.2) is 9.59 Å². The number of aromatic nitrogens is 1. The maximum atomic E-state index is 10.6. The van der Waals surface area contributed by atoms with E-state index < -0.39 is 24.3 Å². The van der Waals surface area contributed by atoms with Gasteiger partial charge in [-0.2, -0.15) is 26.3 Å². The summed E-state index contributed by atoms with van der Waals surface area (Å²) in [4.78, 5) is 24.5. The first-order chi connectivity index (χ1) is 16.7. The summed E-state index contributed by atoms with van der Waals surface area (Å²) >= 11 is 0. The molecular formula is C22H28F6N2O6. The summed E-state index contributed by atoms with van der Waals surface area (Å²) in [5.41, 5.74) is 1.26. The largest absolute Gasteiger partial charge is 0.490 e. The number of carboxylic acids is 2. The Morgan fingerprint density at radius 3 is 2.08 bits per heavy atom. The standard InChI is InChI=1S/C18H26N2O2.2C2HF3O2/c1-3-16(4-1)20-10-2-7-18(14-20)11-17(13-22-18)21-12-15-5-8-19-9-6-15;2*3-2(4,5)1(6)7/h5-6,8-9,16-17H,1-4,7,10-14H2;2*(H,6,7)/t17-,18-;;/m0../s1. The fraction of sp³-hybridized carbons (Fsp3) is 0.682. The number of likely N-dealkylation sites (tertiary alicyclic amines) is 1. The molecule has 2 aliphatic heterocycles. The second kappa shape index (κ2) is 12.7. The average molecular weight is 530 g/mol. The predicted molar refractivity (Wildman–Crippen MR) is 112 cm³/mol. The molecule has 0 aromatic carbocycles. The quantitative estimate of drug-likeness (QED) is 0.562. The number of piperidine rings is 1. The Labute approximate surface area is 203 Å². The van der Waals surface area contributed by atoms with Gasteiger partial charge in [0.2, 0.25) is 0 Å². The SMILES string of the molecule is O=C(O)C(F)(F)F.O=C(O)C(F)(F)F.c1cc(CO[C@@H]2CO[C@@]3(CCCN(C4CCC4)C3)C2)ccn1. The van der Waals surface area contributed by atoms with E-state index in [-0.39, 0.29) is 11.7 Å². The molecule has 3 fully saturated rings. The van der Waals surface area contributed by atoms with Gasteiger partial charge in [-0.15, -0.1) is 0 Å². The van der Waals surface area contributed by atoms with Crippen molar-refractivity contribution in [2.24, 2.45) is 0 Å². The summed E-state index contributed by atoms with van der Waals surface area (Å²) < 4.78 is 75.8. The Morgan fingerprint density at radius 1 is 1.06 bits per heavy atom. The number of alkyl halides is 6. The normalized spacial score (nSPS) is 24.7. The van der Waals surface area contributed by atoms with Crippen LogP contribution in [0.15, 0.2) is 24.5 Å². The molecule has 14 heteroatoms. The van der Waals surface area contributed by atoms with Crippen LogP contribution in [0.3, 0.4) is 0 Å². The molecule has 4 rings (SSSR count). The van der Waals surface area contributed by atoms with E-state index in [1.807, 2.05) is 24.5 Å². The molecule has 2 N–H and O–H groups in total. The molecule has 3 aliphatic rings. The number of hydrogen-bond donors (Lipinski definition) is 2. The predicted octanol–water partition coefficient (Wildman–Crippen LogP) is 4.04. The second-order valence-corrected chi connectivity index (χ2v) is 8.75. The highest BCUT2D eigenvalue weighted by Gasteiger charge is 2.45. The van der Waals surface area contributed by atoms with Gasteiger partial charge in [0, 0.05) is 31.4 Å². The van der Waals surface area contributed by atoms with Crippen LogP contribution in [-0.2, 0) is 25.7 Å². The van der Waals surface area contributed by atoms with Crippen LogP contribution >= 0.6 is 0 Å². The van der Waals surface area contributed by atoms with E-state index in [9.17, 15) is 26.3 Å². The van der Waals surface area contributed by atoms with Gasteiger partial charge in [0.25, 0.3) is 0 Å². The third-order valence-corrected chi connectivity index (χ3v) is 6.06. The van der Waals surface area contributed by atoms with Crippen molar-refractivity contribution in [3.05, 3.63) is 30.1 Å². The van der Waals surface area contributed by atoms with Gasteiger partial charge in [0.1, 0.15) is 0 Å². The molecule has 36 heavy (non-hydrogen) atoms. The van der Waals surface area contributed by atoms with Crippen LogP contribution in [-0.4, -0.2) is 81.8 Å². The monoisotopic (exact) mass is 530 g/mol. The number of hydrogen-bond acceptors (Lipinski definition) is 6. The third-order valence-electron chi connectivity index (χ3n) is 6.06. The van der Waals surface area contributed by atoms with Crippen LogP contribution < -0.4 is 0 Å². The molecule has 204 valence electrons. The van der Waals surface area contributed by atoms with Crippen LogP contribution in [0.4, 0.5) is 26.3 Å². The first-order valence-electron chi connectivity index (χ1n) is 11.2. The minimum absolute atomic E-state index is 0.0662. The smallest absolute Gasteiger partial charge is 0.475 e. The van der Waals surface area contributed by atoms with Crippen LogP contribution in [0.25, 0.3) is 0 Å². The lowest BCUT2D eigenvalue weighted by atomic mass is 9.84. The van der Waals surface area contributed by atoms with Gasteiger partial charge in [-0.3, -0.25) is 9.88 Å². The molecule has 3 heterocycles. The highest BCUT2D eigenvalue weighted by atomic mass is 19.4. The van der Waals surface area contributed by atoms with Crippen molar-refractivity contribution >= 4 is 11.9 Å². The van der Waals surface area contributed by atoms with E-state index in [1.165, 1.54) is 44.2 Å². The number of nitrogens with zero attached hydrogens (tertiary/aromatic N) is 2. The number of aliphatic carboxylic acids is 2. The lowest BCUT2D eigenvalue weighted by Gasteiger charge is -2.46. The summed E-state index contributed by atoms with van der Waals surface area (Å²) in [6.45, 7) is 3.80. The number of carbonyl (C=O) groups is 2. The summed E-state index contributed by atoms with van der Waals surface area (Å²) in [7, 11) is 0. The molecular weight excluding hydrogens is 502 g/mol. The van der Waals surface area contributed by atoms with Crippen molar-refractivity contribution in [3.63, 3.8) is 0 Å². The molecule has 1 saturated carbocycles. The van der Waals surface area contributed by atoms with E-state index in [0.717, 1.165) is 25.6 Å². The fourth-order valence-corrected chi connectivity index (χ4v) is 4.08. The summed E-state index contributed by atoms with van der Waals surface area (Å²) in [6.07, 6.45) is 1.43. The summed E-state index contributed by atoms with van der Waals surface area (Å²) in [5.74, 6) is -5.51. The number of pyridine rings is 1. The van der Waals surface area contributed by atoms with E-state index >= 15 is 0 Å². The van der Waals surface area contributed by atoms with Gasteiger partial charge < -0.3 is 19.7 Å². The van der Waals surface area contributed by atoms with Crippen molar-refractivity contribution in [2.75, 3.05) is 19.7 Å². The van der Waals surface area contributed by atoms with Gasteiger partial charge in [0.15, 0.2) is 0 Å². The Bertz CT molecular complexity index is 826. The molecule has 0 radical (unpaired) electrons. The second-order valence-electron chi connectivity index (χ2n) is 8.75. The Hall–Kier alpha value is -2.45. The van der Waals surface area contributed by atoms with E-state index in [0.29, 0.717) is 6.61 Å². The van der Waals surface area contributed by atoms with Gasteiger partial charge in [0.05, 0.1) is 24.9 Å². The van der Waals surface area contributed by atoms with Crippen molar-refractivity contribution in [3.8, 4) is 0 Å². The van der Waals surface area contributed by atoms with Crippen molar-refractivity contribution < 1.29 is 55.6 Å². The zero-order chi connectivity index (χ0) is 27.0. The van der Waals surface area contributed by atoms with E-state index in [2.05, 4.69) is 9.88 Å². The van der Waals surface area contributed by atoms with Crippen LogP contribution in [0.1, 0.15) is 44.1 Å². The lowest BCUT2D eigenvalue weighted by Crippen LogP contribution is -2.53. The minimum Gasteiger partial charge on any atom is -0.475 e. The van der Waals surface area contributed by atoms with Crippen molar-refractivity contribution in [1.29, 1.82) is 0 Å². The highest BCUT2D eigenvalue weighted by molar-refractivity contribution is 5.73.